The lowest BCUT2D eigenvalue weighted by Gasteiger charge is -2.19. The minimum atomic E-state index is -0.122. The molecule has 0 amide bonds. The third kappa shape index (κ3) is 9.00. The maximum atomic E-state index is 5.85. The molecule has 4 nitrogen and oxygen atoms in total. The Morgan fingerprint density at radius 1 is 1.12 bits per heavy atom. The summed E-state index contributed by atoms with van der Waals surface area (Å²) in [6.45, 7) is 8.46. The summed E-state index contributed by atoms with van der Waals surface area (Å²) in [5.74, 6) is 0.827. The second kappa shape index (κ2) is 11.6. The smallest absolute Gasteiger partial charge is 0.191 e. The van der Waals surface area contributed by atoms with Crippen molar-refractivity contribution in [2.24, 2.45) is 4.99 Å². The topological polar surface area (TPSA) is 45.7 Å². The number of nitrogens with one attached hydrogen (secondary N) is 2. The summed E-state index contributed by atoms with van der Waals surface area (Å²) in [4.78, 5) is 5.67. The van der Waals surface area contributed by atoms with Crippen molar-refractivity contribution in [3.63, 3.8) is 0 Å². The average molecular weight is 487 g/mol. The lowest BCUT2D eigenvalue weighted by Crippen LogP contribution is -2.37. The standard InChI is InChI=1S/C20H29N3OS.HI/c1-20(2,3)24-15-17-8-5-7-16(13-17)14-23-19(21-4)22-11-10-18-9-6-12-25-18;/h5-9,12-13H,10-11,14-15H2,1-4H3,(H2,21,22,23);1H. The molecule has 144 valence electrons. The number of guanidine groups is 1. The van der Waals surface area contributed by atoms with Crippen LogP contribution in [0.25, 0.3) is 0 Å². The predicted octanol–water partition coefficient (Wildman–Crippen LogP) is 4.59. The van der Waals surface area contributed by atoms with Gasteiger partial charge in [-0.05, 0) is 49.8 Å². The third-order valence-corrected chi connectivity index (χ3v) is 4.53. The molecule has 26 heavy (non-hydrogen) atoms. The maximum Gasteiger partial charge on any atom is 0.191 e. The fraction of sp³-hybridized carbons (Fsp3) is 0.450. The van der Waals surface area contributed by atoms with Crippen LogP contribution in [0.15, 0.2) is 46.8 Å². The van der Waals surface area contributed by atoms with Crippen LogP contribution in [0, 0.1) is 0 Å². The Balaban J connectivity index is 0.00000338. The minimum absolute atomic E-state index is 0. The summed E-state index contributed by atoms with van der Waals surface area (Å²) >= 11 is 1.79. The first kappa shape index (κ1) is 22.9. The molecular formula is C20H30IN3OS. The van der Waals surface area contributed by atoms with E-state index in [2.05, 4.69) is 78.2 Å². The SMILES string of the molecule is CN=C(NCCc1cccs1)NCc1cccc(COC(C)(C)C)c1.I. The van der Waals surface area contributed by atoms with Gasteiger partial charge in [0, 0.05) is 25.0 Å². The highest BCUT2D eigenvalue weighted by Crippen LogP contribution is 2.13. The first-order valence-corrected chi connectivity index (χ1v) is 9.53. The molecule has 2 N–H and O–H groups in total. The number of nitrogens with zero attached hydrogens (tertiary/aromatic N) is 1. The van der Waals surface area contributed by atoms with Gasteiger partial charge in [-0.3, -0.25) is 4.99 Å². The Kier molecular flexibility index (Phi) is 10.2. The number of benzene rings is 1. The van der Waals surface area contributed by atoms with Gasteiger partial charge in [-0.25, -0.2) is 0 Å². The molecule has 0 spiro atoms. The zero-order chi connectivity index (χ0) is 18.1. The molecule has 0 radical (unpaired) electrons. The highest BCUT2D eigenvalue weighted by Gasteiger charge is 2.10. The number of hydrogen-bond donors (Lipinski definition) is 2. The molecule has 2 rings (SSSR count). The van der Waals surface area contributed by atoms with Crippen LogP contribution in [0.2, 0.25) is 0 Å². The van der Waals surface area contributed by atoms with Crippen molar-refractivity contribution in [1.29, 1.82) is 0 Å². The first-order chi connectivity index (χ1) is 12.0. The Bertz CT molecular complexity index is 666. The van der Waals surface area contributed by atoms with E-state index in [0.717, 1.165) is 25.5 Å². The van der Waals surface area contributed by atoms with Crippen LogP contribution < -0.4 is 10.6 Å². The molecule has 2 aromatic rings. The zero-order valence-corrected chi connectivity index (χ0v) is 19.2. The molecule has 0 saturated carbocycles. The summed E-state index contributed by atoms with van der Waals surface area (Å²) in [6.07, 6.45) is 1.01. The van der Waals surface area contributed by atoms with E-state index in [1.54, 1.807) is 18.4 Å². The second-order valence-electron chi connectivity index (χ2n) is 6.90. The Morgan fingerprint density at radius 2 is 1.88 bits per heavy atom. The Hall–Kier alpha value is -1.12. The van der Waals surface area contributed by atoms with Gasteiger partial charge >= 0.3 is 0 Å². The summed E-state index contributed by atoms with van der Waals surface area (Å²) < 4.78 is 5.85. The highest BCUT2D eigenvalue weighted by atomic mass is 127. The number of aliphatic imine (C=N–C) groups is 1. The summed E-state index contributed by atoms with van der Waals surface area (Å²) in [7, 11) is 1.80. The minimum Gasteiger partial charge on any atom is -0.371 e. The van der Waals surface area contributed by atoms with Gasteiger partial charge < -0.3 is 15.4 Å². The van der Waals surface area contributed by atoms with E-state index in [9.17, 15) is 0 Å². The van der Waals surface area contributed by atoms with Crippen molar-refractivity contribution in [2.75, 3.05) is 13.6 Å². The van der Waals surface area contributed by atoms with Gasteiger partial charge in [-0.2, -0.15) is 0 Å². The number of thiophene rings is 1. The highest BCUT2D eigenvalue weighted by molar-refractivity contribution is 14.0. The van der Waals surface area contributed by atoms with Gasteiger partial charge in [0.2, 0.25) is 0 Å². The molecule has 0 atom stereocenters. The molecule has 0 aliphatic heterocycles. The molecule has 0 unspecified atom stereocenters. The third-order valence-electron chi connectivity index (χ3n) is 3.59. The number of hydrogen-bond acceptors (Lipinski definition) is 3. The average Bonchev–Trinajstić information content (AvgIpc) is 3.09. The van der Waals surface area contributed by atoms with Crippen LogP contribution in [0.4, 0.5) is 0 Å². The number of halogens is 1. The van der Waals surface area contributed by atoms with Gasteiger partial charge in [-0.1, -0.05) is 30.3 Å². The van der Waals surface area contributed by atoms with E-state index < -0.39 is 0 Å². The van der Waals surface area contributed by atoms with Crippen molar-refractivity contribution in [2.45, 2.75) is 45.9 Å². The first-order valence-electron chi connectivity index (χ1n) is 8.65. The van der Waals surface area contributed by atoms with Crippen LogP contribution in [-0.2, 0) is 24.3 Å². The fourth-order valence-electron chi connectivity index (χ4n) is 2.29. The molecule has 0 bridgehead atoms. The molecule has 1 aromatic carbocycles. The van der Waals surface area contributed by atoms with E-state index in [0.29, 0.717) is 6.61 Å². The Labute approximate surface area is 178 Å². The van der Waals surface area contributed by atoms with E-state index in [-0.39, 0.29) is 29.6 Å². The maximum absolute atomic E-state index is 5.85. The molecule has 1 aromatic heterocycles. The number of rotatable bonds is 7. The quantitative estimate of drug-likeness (QED) is 0.341. The normalized spacial score (nSPS) is 11.8. The monoisotopic (exact) mass is 487 g/mol. The van der Waals surface area contributed by atoms with Crippen LogP contribution in [0.5, 0.6) is 0 Å². The van der Waals surface area contributed by atoms with E-state index in [1.165, 1.54) is 16.0 Å². The van der Waals surface area contributed by atoms with Crippen molar-refractivity contribution < 1.29 is 4.74 Å². The number of ether oxygens (including phenoxy) is 1. The van der Waals surface area contributed by atoms with Crippen LogP contribution in [-0.4, -0.2) is 25.2 Å². The van der Waals surface area contributed by atoms with Crippen molar-refractivity contribution in [3.05, 3.63) is 57.8 Å². The van der Waals surface area contributed by atoms with Crippen LogP contribution in [0.1, 0.15) is 36.8 Å². The predicted molar refractivity (Wildman–Crippen MR) is 123 cm³/mol. The van der Waals surface area contributed by atoms with Gasteiger partial charge in [0.25, 0.3) is 0 Å². The zero-order valence-electron chi connectivity index (χ0n) is 16.0. The fourth-order valence-corrected chi connectivity index (χ4v) is 3.00. The summed E-state index contributed by atoms with van der Waals surface area (Å²) in [6, 6.07) is 12.7. The molecular weight excluding hydrogens is 457 g/mol. The molecule has 0 fully saturated rings. The van der Waals surface area contributed by atoms with Gasteiger partial charge in [0.1, 0.15) is 0 Å². The van der Waals surface area contributed by atoms with E-state index >= 15 is 0 Å². The summed E-state index contributed by atoms with van der Waals surface area (Å²) in [5.41, 5.74) is 2.29. The Morgan fingerprint density at radius 3 is 2.54 bits per heavy atom. The molecule has 0 aliphatic carbocycles. The van der Waals surface area contributed by atoms with Crippen molar-refractivity contribution in [3.8, 4) is 0 Å². The van der Waals surface area contributed by atoms with Crippen molar-refractivity contribution >= 4 is 41.3 Å². The second-order valence-corrected chi connectivity index (χ2v) is 7.94. The summed E-state index contributed by atoms with van der Waals surface area (Å²) in [5, 5.41) is 8.84. The van der Waals surface area contributed by atoms with E-state index in [1.807, 2.05) is 0 Å². The van der Waals surface area contributed by atoms with Crippen LogP contribution in [0.3, 0.4) is 0 Å². The van der Waals surface area contributed by atoms with E-state index in [4.69, 9.17) is 4.74 Å². The molecule has 0 aliphatic rings. The van der Waals surface area contributed by atoms with Crippen molar-refractivity contribution in [1.82, 2.24) is 10.6 Å². The van der Waals surface area contributed by atoms with Gasteiger partial charge in [-0.15, -0.1) is 35.3 Å². The lowest BCUT2D eigenvalue weighted by atomic mass is 10.1. The molecule has 6 heteroatoms. The molecule has 1 heterocycles. The largest absolute Gasteiger partial charge is 0.371 e. The lowest BCUT2D eigenvalue weighted by molar-refractivity contribution is -0.0149. The molecule has 0 saturated heterocycles. The van der Waals surface area contributed by atoms with Gasteiger partial charge in [0.05, 0.1) is 12.2 Å². The van der Waals surface area contributed by atoms with Crippen LogP contribution >= 0.6 is 35.3 Å². The van der Waals surface area contributed by atoms with Gasteiger partial charge in [0.15, 0.2) is 5.96 Å².